The van der Waals surface area contributed by atoms with Gasteiger partial charge in [0.25, 0.3) is 0 Å². The number of hydrogen-bond acceptors (Lipinski definition) is 1. The SMILES string of the molecule is C/C=C1/CCC(C)CC1O. The summed E-state index contributed by atoms with van der Waals surface area (Å²) in [5.74, 6) is 0.707. The van der Waals surface area contributed by atoms with Gasteiger partial charge in [0.15, 0.2) is 0 Å². The minimum absolute atomic E-state index is 0.145. The van der Waals surface area contributed by atoms with Gasteiger partial charge < -0.3 is 5.11 Å². The van der Waals surface area contributed by atoms with Crippen LogP contribution in [0.25, 0.3) is 0 Å². The fourth-order valence-corrected chi connectivity index (χ4v) is 1.57. The molecular weight excluding hydrogens is 124 g/mol. The van der Waals surface area contributed by atoms with Crippen LogP contribution < -0.4 is 0 Å². The van der Waals surface area contributed by atoms with Crippen LogP contribution in [0, 0.1) is 5.92 Å². The molecule has 0 saturated heterocycles. The van der Waals surface area contributed by atoms with Crippen LogP contribution >= 0.6 is 0 Å². The molecule has 1 heteroatoms. The van der Waals surface area contributed by atoms with E-state index in [0.29, 0.717) is 5.92 Å². The molecule has 0 aromatic rings. The third kappa shape index (κ3) is 1.60. The average molecular weight is 140 g/mol. The highest BCUT2D eigenvalue weighted by Crippen LogP contribution is 2.27. The van der Waals surface area contributed by atoms with Crippen molar-refractivity contribution in [2.45, 2.75) is 39.2 Å². The van der Waals surface area contributed by atoms with Gasteiger partial charge in [-0.3, -0.25) is 0 Å². The van der Waals surface area contributed by atoms with E-state index in [0.717, 1.165) is 12.8 Å². The predicted octanol–water partition coefficient (Wildman–Crippen LogP) is 2.11. The van der Waals surface area contributed by atoms with Crippen molar-refractivity contribution in [1.82, 2.24) is 0 Å². The van der Waals surface area contributed by atoms with Crippen molar-refractivity contribution >= 4 is 0 Å². The molecule has 1 aliphatic carbocycles. The zero-order valence-electron chi connectivity index (χ0n) is 6.80. The van der Waals surface area contributed by atoms with Crippen molar-refractivity contribution in [3.63, 3.8) is 0 Å². The highest BCUT2D eigenvalue weighted by Gasteiger charge is 2.19. The van der Waals surface area contributed by atoms with Crippen LogP contribution in [0.1, 0.15) is 33.1 Å². The summed E-state index contributed by atoms with van der Waals surface area (Å²) in [7, 11) is 0. The van der Waals surface area contributed by atoms with E-state index in [1.807, 2.05) is 6.92 Å². The van der Waals surface area contributed by atoms with Gasteiger partial charge in [0.1, 0.15) is 0 Å². The van der Waals surface area contributed by atoms with E-state index in [-0.39, 0.29) is 6.10 Å². The molecule has 1 nitrogen and oxygen atoms in total. The second-order valence-corrected chi connectivity index (χ2v) is 3.26. The van der Waals surface area contributed by atoms with Gasteiger partial charge in [-0.15, -0.1) is 0 Å². The first-order valence-electron chi connectivity index (χ1n) is 4.07. The van der Waals surface area contributed by atoms with Crippen molar-refractivity contribution in [1.29, 1.82) is 0 Å². The summed E-state index contributed by atoms with van der Waals surface area (Å²) in [5.41, 5.74) is 1.23. The molecule has 0 aromatic carbocycles. The number of allylic oxidation sites excluding steroid dienone is 1. The summed E-state index contributed by atoms with van der Waals surface area (Å²) in [6.45, 7) is 4.21. The fourth-order valence-electron chi connectivity index (χ4n) is 1.57. The van der Waals surface area contributed by atoms with Crippen LogP contribution in [0.15, 0.2) is 11.6 Å². The number of rotatable bonds is 0. The smallest absolute Gasteiger partial charge is 0.0752 e. The molecule has 0 aromatic heterocycles. The van der Waals surface area contributed by atoms with E-state index in [1.54, 1.807) is 0 Å². The normalized spacial score (nSPS) is 38.5. The molecule has 0 heterocycles. The van der Waals surface area contributed by atoms with Crippen LogP contribution in [0.3, 0.4) is 0 Å². The van der Waals surface area contributed by atoms with Gasteiger partial charge in [-0.25, -0.2) is 0 Å². The Balaban J connectivity index is 2.52. The molecule has 2 unspecified atom stereocenters. The standard InChI is InChI=1S/C9H16O/c1-3-8-5-4-7(2)6-9(8)10/h3,7,9-10H,4-6H2,1-2H3/b8-3-. The summed E-state index contributed by atoms with van der Waals surface area (Å²) in [6.07, 6.45) is 5.21. The first-order chi connectivity index (χ1) is 4.74. The Kier molecular flexibility index (Phi) is 2.50. The Bertz CT molecular complexity index is 138. The van der Waals surface area contributed by atoms with Crippen LogP contribution in [-0.4, -0.2) is 11.2 Å². The lowest BCUT2D eigenvalue weighted by Gasteiger charge is -2.25. The number of aliphatic hydroxyl groups excluding tert-OH is 1. The van der Waals surface area contributed by atoms with Gasteiger partial charge in [0.2, 0.25) is 0 Å². The molecule has 58 valence electrons. The monoisotopic (exact) mass is 140 g/mol. The van der Waals surface area contributed by atoms with Gasteiger partial charge in [0.05, 0.1) is 6.10 Å². The zero-order chi connectivity index (χ0) is 7.56. The molecule has 1 saturated carbocycles. The van der Waals surface area contributed by atoms with E-state index in [9.17, 15) is 5.11 Å². The fraction of sp³-hybridized carbons (Fsp3) is 0.778. The lowest BCUT2D eigenvalue weighted by Crippen LogP contribution is -2.20. The van der Waals surface area contributed by atoms with Gasteiger partial charge in [-0.1, -0.05) is 13.0 Å². The lowest BCUT2D eigenvalue weighted by atomic mass is 9.85. The van der Waals surface area contributed by atoms with Crippen LogP contribution in [0.2, 0.25) is 0 Å². The molecule has 1 fully saturated rings. The number of aliphatic hydroxyl groups is 1. The van der Waals surface area contributed by atoms with Crippen molar-refractivity contribution in [2.24, 2.45) is 5.92 Å². The van der Waals surface area contributed by atoms with E-state index in [2.05, 4.69) is 13.0 Å². The van der Waals surface area contributed by atoms with E-state index in [1.165, 1.54) is 12.0 Å². The Morgan fingerprint density at radius 3 is 2.80 bits per heavy atom. The summed E-state index contributed by atoms with van der Waals surface area (Å²) in [4.78, 5) is 0. The third-order valence-electron chi connectivity index (χ3n) is 2.35. The van der Waals surface area contributed by atoms with Gasteiger partial charge in [0, 0.05) is 0 Å². The van der Waals surface area contributed by atoms with E-state index >= 15 is 0 Å². The number of hydrogen-bond donors (Lipinski definition) is 1. The first-order valence-corrected chi connectivity index (χ1v) is 4.07. The molecule has 0 radical (unpaired) electrons. The second-order valence-electron chi connectivity index (χ2n) is 3.26. The maximum absolute atomic E-state index is 9.47. The largest absolute Gasteiger partial charge is 0.389 e. The maximum Gasteiger partial charge on any atom is 0.0752 e. The molecular formula is C9H16O. The van der Waals surface area contributed by atoms with Gasteiger partial charge in [-0.05, 0) is 37.7 Å². The molecule has 0 spiro atoms. The minimum atomic E-state index is -0.145. The molecule has 2 atom stereocenters. The summed E-state index contributed by atoms with van der Waals surface area (Å²) in [5, 5.41) is 9.47. The Hall–Kier alpha value is -0.300. The first kappa shape index (κ1) is 7.80. The quantitative estimate of drug-likeness (QED) is 0.511. The highest BCUT2D eigenvalue weighted by atomic mass is 16.3. The molecule has 1 N–H and O–H groups in total. The summed E-state index contributed by atoms with van der Waals surface area (Å²) < 4.78 is 0. The van der Waals surface area contributed by atoms with E-state index in [4.69, 9.17) is 0 Å². The van der Waals surface area contributed by atoms with Crippen molar-refractivity contribution < 1.29 is 5.11 Å². The second kappa shape index (κ2) is 3.20. The summed E-state index contributed by atoms with van der Waals surface area (Å²) in [6, 6.07) is 0. The lowest BCUT2D eigenvalue weighted by molar-refractivity contribution is 0.153. The summed E-state index contributed by atoms with van der Waals surface area (Å²) >= 11 is 0. The Morgan fingerprint density at radius 1 is 1.60 bits per heavy atom. The maximum atomic E-state index is 9.47. The molecule has 1 aliphatic rings. The third-order valence-corrected chi connectivity index (χ3v) is 2.35. The van der Waals surface area contributed by atoms with E-state index < -0.39 is 0 Å². The molecule has 0 amide bonds. The zero-order valence-corrected chi connectivity index (χ0v) is 6.80. The van der Waals surface area contributed by atoms with Crippen LogP contribution in [0.5, 0.6) is 0 Å². The van der Waals surface area contributed by atoms with Crippen molar-refractivity contribution in [3.8, 4) is 0 Å². The Morgan fingerprint density at radius 2 is 2.30 bits per heavy atom. The van der Waals surface area contributed by atoms with Crippen LogP contribution in [-0.2, 0) is 0 Å². The molecule has 1 rings (SSSR count). The average Bonchev–Trinajstić information content (AvgIpc) is 1.88. The van der Waals surface area contributed by atoms with Crippen LogP contribution in [0.4, 0.5) is 0 Å². The van der Waals surface area contributed by atoms with Crippen molar-refractivity contribution in [2.75, 3.05) is 0 Å². The van der Waals surface area contributed by atoms with Gasteiger partial charge >= 0.3 is 0 Å². The molecule has 0 aliphatic heterocycles. The highest BCUT2D eigenvalue weighted by molar-refractivity contribution is 5.09. The molecule has 10 heavy (non-hydrogen) atoms. The van der Waals surface area contributed by atoms with Gasteiger partial charge in [-0.2, -0.15) is 0 Å². The topological polar surface area (TPSA) is 20.2 Å². The Labute approximate surface area is 62.8 Å². The van der Waals surface area contributed by atoms with Crippen molar-refractivity contribution in [3.05, 3.63) is 11.6 Å². The molecule has 0 bridgehead atoms. The predicted molar refractivity (Wildman–Crippen MR) is 42.8 cm³/mol. The minimum Gasteiger partial charge on any atom is -0.389 e.